The van der Waals surface area contributed by atoms with Crippen LogP contribution in [-0.2, 0) is 0 Å². The SMILES string of the molecule is O=c1c2ccccc2ccc2c1ccc1ccccc12. The number of hydrogen-bond acceptors (Lipinski definition) is 1. The Hall–Kier alpha value is -2.67. The molecule has 0 bridgehead atoms. The van der Waals surface area contributed by atoms with Crippen molar-refractivity contribution in [3.8, 4) is 0 Å². The second-order valence-electron chi connectivity index (χ2n) is 5.00. The fraction of sp³-hybridized carbons (Fsp3) is 0. The van der Waals surface area contributed by atoms with Crippen molar-refractivity contribution < 1.29 is 0 Å². The Labute approximate surface area is 116 Å². The van der Waals surface area contributed by atoms with Crippen molar-refractivity contribution in [3.05, 3.63) is 83.0 Å². The molecule has 0 unspecified atom stereocenters. The van der Waals surface area contributed by atoms with Crippen LogP contribution in [0.15, 0.2) is 77.6 Å². The third-order valence-corrected chi connectivity index (χ3v) is 3.85. The Balaban J connectivity index is 2.36. The van der Waals surface area contributed by atoms with Gasteiger partial charge in [-0.25, -0.2) is 0 Å². The van der Waals surface area contributed by atoms with Crippen molar-refractivity contribution in [1.29, 1.82) is 0 Å². The summed E-state index contributed by atoms with van der Waals surface area (Å²) < 4.78 is 0. The first-order chi connectivity index (χ1) is 9.84. The van der Waals surface area contributed by atoms with Crippen LogP contribution in [0.3, 0.4) is 0 Å². The molecule has 4 aromatic carbocycles. The molecule has 0 aliphatic carbocycles. The number of fused-ring (bicyclic) bond motifs is 4. The monoisotopic (exact) mass is 256 g/mol. The predicted molar refractivity (Wildman–Crippen MR) is 85.2 cm³/mol. The molecule has 4 rings (SSSR count). The Kier molecular flexibility index (Phi) is 2.33. The lowest BCUT2D eigenvalue weighted by Crippen LogP contribution is -1.98. The van der Waals surface area contributed by atoms with E-state index < -0.39 is 0 Å². The zero-order valence-electron chi connectivity index (χ0n) is 10.8. The first-order valence-electron chi connectivity index (χ1n) is 6.68. The molecule has 0 aliphatic heterocycles. The average Bonchev–Trinajstić information content (AvgIpc) is 2.65. The van der Waals surface area contributed by atoms with Gasteiger partial charge in [-0.3, -0.25) is 4.79 Å². The van der Waals surface area contributed by atoms with Gasteiger partial charge in [0.15, 0.2) is 5.43 Å². The highest BCUT2D eigenvalue weighted by molar-refractivity contribution is 6.09. The van der Waals surface area contributed by atoms with Crippen molar-refractivity contribution in [3.63, 3.8) is 0 Å². The fourth-order valence-corrected chi connectivity index (χ4v) is 2.84. The summed E-state index contributed by atoms with van der Waals surface area (Å²) in [6.45, 7) is 0. The summed E-state index contributed by atoms with van der Waals surface area (Å²) in [5.74, 6) is 0. The number of rotatable bonds is 0. The van der Waals surface area contributed by atoms with Crippen LogP contribution in [0.1, 0.15) is 0 Å². The molecule has 0 amide bonds. The van der Waals surface area contributed by atoms with Gasteiger partial charge in [0, 0.05) is 10.8 Å². The maximum atomic E-state index is 12.7. The van der Waals surface area contributed by atoms with Crippen LogP contribution in [0.2, 0.25) is 0 Å². The highest BCUT2D eigenvalue weighted by Crippen LogP contribution is 2.24. The maximum absolute atomic E-state index is 12.7. The Morgan fingerprint density at radius 2 is 1.00 bits per heavy atom. The van der Waals surface area contributed by atoms with E-state index >= 15 is 0 Å². The molecule has 0 radical (unpaired) electrons. The van der Waals surface area contributed by atoms with Gasteiger partial charge in [-0.2, -0.15) is 0 Å². The normalized spacial score (nSPS) is 11.2. The van der Waals surface area contributed by atoms with Gasteiger partial charge in [0.2, 0.25) is 0 Å². The van der Waals surface area contributed by atoms with Gasteiger partial charge in [0.1, 0.15) is 0 Å². The molecule has 0 saturated heterocycles. The zero-order valence-corrected chi connectivity index (χ0v) is 10.8. The molecule has 0 N–H and O–H groups in total. The quantitative estimate of drug-likeness (QED) is 0.452. The van der Waals surface area contributed by atoms with E-state index in [-0.39, 0.29) is 5.43 Å². The van der Waals surface area contributed by atoms with Crippen LogP contribution in [0, 0.1) is 0 Å². The molecule has 0 spiro atoms. The van der Waals surface area contributed by atoms with Crippen molar-refractivity contribution in [2.45, 2.75) is 0 Å². The van der Waals surface area contributed by atoms with Crippen molar-refractivity contribution in [2.75, 3.05) is 0 Å². The summed E-state index contributed by atoms with van der Waals surface area (Å²) in [4.78, 5) is 12.7. The molecule has 94 valence electrons. The smallest absolute Gasteiger partial charge is 0.194 e. The number of benzene rings is 3. The molecule has 0 fully saturated rings. The molecule has 1 nitrogen and oxygen atoms in total. The Morgan fingerprint density at radius 1 is 0.450 bits per heavy atom. The largest absolute Gasteiger partial charge is 0.289 e. The molecule has 4 aromatic rings. The second-order valence-corrected chi connectivity index (χ2v) is 5.00. The summed E-state index contributed by atoms with van der Waals surface area (Å²) in [5, 5.41) is 5.85. The minimum absolute atomic E-state index is 0.103. The van der Waals surface area contributed by atoms with Crippen LogP contribution in [-0.4, -0.2) is 0 Å². The van der Waals surface area contributed by atoms with E-state index in [4.69, 9.17) is 0 Å². The molecule has 0 atom stereocenters. The highest BCUT2D eigenvalue weighted by Gasteiger charge is 2.04. The first-order valence-corrected chi connectivity index (χ1v) is 6.68. The molecule has 0 heterocycles. The molecule has 1 heteroatoms. The average molecular weight is 256 g/mol. The third kappa shape index (κ3) is 1.53. The van der Waals surface area contributed by atoms with E-state index in [1.54, 1.807) is 0 Å². The van der Waals surface area contributed by atoms with Crippen molar-refractivity contribution >= 4 is 32.3 Å². The topological polar surface area (TPSA) is 17.1 Å². The van der Waals surface area contributed by atoms with E-state index in [1.807, 2.05) is 54.6 Å². The summed E-state index contributed by atoms with van der Waals surface area (Å²) in [5.41, 5.74) is 0.103. The van der Waals surface area contributed by atoms with Crippen molar-refractivity contribution in [1.82, 2.24) is 0 Å². The lowest BCUT2D eigenvalue weighted by Gasteiger charge is -1.99. The lowest BCUT2D eigenvalue weighted by atomic mass is 10.0. The van der Waals surface area contributed by atoms with Gasteiger partial charge in [0.25, 0.3) is 0 Å². The summed E-state index contributed by atoms with van der Waals surface area (Å²) in [6.07, 6.45) is 0. The lowest BCUT2D eigenvalue weighted by molar-refractivity contribution is 1.75. The Morgan fingerprint density at radius 3 is 1.75 bits per heavy atom. The second kappa shape index (κ2) is 4.17. The minimum Gasteiger partial charge on any atom is -0.289 e. The number of hydrogen-bond donors (Lipinski definition) is 0. The highest BCUT2D eigenvalue weighted by atomic mass is 16.1. The van der Waals surface area contributed by atoms with Gasteiger partial charge in [-0.05, 0) is 27.6 Å². The van der Waals surface area contributed by atoms with Gasteiger partial charge >= 0.3 is 0 Å². The molecule has 0 saturated carbocycles. The summed E-state index contributed by atoms with van der Waals surface area (Å²) in [6, 6.07) is 24.0. The first kappa shape index (κ1) is 11.2. The van der Waals surface area contributed by atoms with Crippen LogP contribution >= 0.6 is 0 Å². The van der Waals surface area contributed by atoms with Crippen molar-refractivity contribution in [2.24, 2.45) is 0 Å². The van der Waals surface area contributed by atoms with Crippen LogP contribution in [0.5, 0.6) is 0 Å². The molecule has 0 aromatic heterocycles. The third-order valence-electron chi connectivity index (χ3n) is 3.85. The van der Waals surface area contributed by atoms with Crippen LogP contribution in [0.25, 0.3) is 32.3 Å². The van der Waals surface area contributed by atoms with Gasteiger partial charge in [-0.15, -0.1) is 0 Å². The zero-order chi connectivity index (χ0) is 13.5. The molecular weight excluding hydrogens is 244 g/mol. The fourth-order valence-electron chi connectivity index (χ4n) is 2.84. The van der Waals surface area contributed by atoms with Gasteiger partial charge < -0.3 is 0 Å². The van der Waals surface area contributed by atoms with E-state index in [0.717, 1.165) is 32.3 Å². The van der Waals surface area contributed by atoms with Crippen LogP contribution in [0.4, 0.5) is 0 Å². The molecular formula is C19H12O. The van der Waals surface area contributed by atoms with Gasteiger partial charge in [-0.1, -0.05) is 66.7 Å². The maximum Gasteiger partial charge on any atom is 0.194 e. The van der Waals surface area contributed by atoms with Crippen LogP contribution < -0.4 is 5.43 Å². The van der Waals surface area contributed by atoms with E-state index in [0.29, 0.717) is 0 Å². The van der Waals surface area contributed by atoms with E-state index in [9.17, 15) is 4.79 Å². The molecule has 20 heavy (non-hydrogen) atoms. The standard InChI is InChI=1S/C19H12O/c20-19-16-8-4-2-6-14(16)9-11-17-15-7-3-1-5-13(15)10-12-18(17)19/h1-12H. The van der Waals surface area contributed by atoms with E-state index in [1.165, 1.54) is 0 Å². The summed E-state index contributed by atoms with van der Waals surface area (Å²) in [7, 11) is 0. The predicted octanol–water partition coefficient (Wildman–Crippen LogP) is 4.51. The minimum atomic E-state index is 0.103. The molecule has 0 aliphatic rings. The van der Waals surface area contributed by atoms with Gasteiger partial charge in [0.05, 0.1) is 0 Å². The Bertz CT molecular complexity index is 1020. The van der Waals surface area contributed by atoms with E-state index in [2.05, 4.69) is 18.2 Å². The summed E-state index contributed by atoms with van der Waals surface area (Å²) >= 11 is 0.